The summed E-state index contributed by atoms with van der Waals surface area (Å²) in [5.41, 5.74) is 2.82. The number of benzene rings is 1. The van der Waals surface area contributed by atoms with Gasteiger partial charge in [0.1, 0.15) is 21.9 Å². The Morgan fingerprint density at radius 1 is 1.15 bits per heavy atom. The maximum Gasteiger partial charge on any atom is 0.346 e. The van der Waals surface area contributed by atoms with E-state index in [1.54, 1.807) is 6.92 Å². The van der Waals surface area contributed by atoms with E-state index in [-0.39, 0.29) is 0 Å². The van der Waals surface area contributed by atoms with Gasteiger partial charge >= 0.3 is 5.97 Å². The molecule has 3 aromatic rings. The van der Waals surface area contributed by atoms with Crippen LogP contribution in [0.25, 0.3) is 10.2 Å². The van der Waals surface area contributed by atoms with E-state index >= 15 is 0 Å². The van der Waals surface area contributed by atoms with E-state index in [0.717, 1.165) is 37.3 Å². The van der Waals surface area contributed by atoms with Gasteiger partial charge in [-0.2, -0.15) is 0 Å². The lowest BCUT2D eigenvalue weighted by Crippen LogP contribution is -2.44. The van der Waals surface area contributed by atoms with Crippen molar-refractivity contribution in [1.29, 1.82) is 0 Å². The van der Waals surface area contributed by atoms with Gasteiger partial charge in [0.25, 0.3) is 0 Å². The number of carboxylic acid groups (broad SMARTS) is 1. The minimum absolute atomic E-state index is 0.305. The van der Waals surface area contributed by atoms with Crippen LogP contribution in [0, 0.1) is 6.92 Å². The Kier molecular flexibility index (Phi) is 4.67. The summed E-state index contributed by atoms with van der Waals surface area (Å²) in [4.78, 5) is 25.7. The lowest BCUT2D eigenvalue weighted by molar-refractivity contribution is 0.0701. The molecule has 2 N–H and O–H groups in total. The number of fused-ring (bicyclic) bond motifs is 1. The van der Waals surface area contributed by atoms with Gasteiger partial charge in [0.15, 0.2) is 0 Å². The standard InChI is InChI=1S/C19H21N5O2S/c1-12-15-17(20-11-21-18(15)27-16(12)19(25)26)22-13-3-5-14(6-4-13)24-9-7-23(2)8-10-24/h3-6,11H,7-10H2,1-2H3,(H,25,26)(H,20,21,22). The monoisotopic (exact) mass is 383 g/mol. The number of hydrogen-bond donors (Lipinski definition) is 2. The predicted molar refractivity (Wildman–Crippen MR) is 109 cm³/mol. The van der Waals surface area contributed by atoms with Gasteiger partial charge in [0.05, 0.1) is 5.39 Å². The quantitative estimate of drug-likeness (QED) is 0.716. The normalized spacial score (nSPS) is 15.3. The maximum atomic E-state index is 11.4. The van der Waals surface area contributed by atoms with Crippen LogP contribution in [0.2, 0.25) is 0 Å². The predicted octanol–water partition coefficient (Wildman–Crippen LogP) is 3.19. The minimum atomic E-state index is -0.932. The molecule has 0 saturated carbocycles. The highest BCUT2D eigenvalue weighted by Gasteiger charge is 2.19. The topological polar surface area (TPSA) is 81.6 Å². The summed E-state index contributed by atoms with van der Waals surface area (Å²) in [6, 6.07) is 8.27. The SMILES string of the molecule is Cc1c(C(=O)O)sc2ncnc(Nc3ccc(N4CCN(C)CC4)cc3)c12. The molecule has 1 aliphatic heterocycles. The average molecular weight is 383 g/mol. The van der Waals surface area contributed by atoms with Crippen molar-refractivity contribution in [3.63, 3.8) is 0 Å². The Morgan fingerprint density at radius 3 is 2.52 bits per heavy atom. The van der Waals surface area contributed by atoms with Crippen LogP contribution in [0.15, 0.2) is 30.6 Å². The summed E-state index contributed by atoms with van der Waals surface area (Å²) in [7, 11) is 2.15. The van der Waals surface area contributed by atoms with Crippen molar-refractivity contribution in [2.24, 2.45) is 0 Å². The summed E-state index contributed by atoms with van der Waals surface area (Å²) < 4.78 is 0. The number of nitrogens with one attached hydrogen (secondary N) is 1. The van der Waals surface area contributed by atoms with Gasteiger partial charge < -0.3 is 20.2 Å². The number of anilines is 3. The Morgan fingerprint density at radius 2 is 1.85 bits per heavy atom. The number of nitrogens with zero attached hydrogens (tertiary/aromatic N) is 4. The van der Waals surface area contributed by atoms with Gasteiger partial charge in [-0.05, 0) is 43.8 Å². The number of hydrogen-bond acceptors (Lipinski definition) is 7. The second kappa shape index (κ2) is 7.13. The summed E-state index contributed by atoms with van der Waals surface area (Å²) in [5, 5.41) is 13.4. The second-order valence-corrected chi connectivity index (χ2v) is 7.73. The number of aromatic carboxylic acids is 1. The van der Waals surface area contributed by atoms with Crippen LogP contribution in [-0.4, -0.2) is 59.2 Å². The number of likely N-dealkylation sites (N-methyl/N-ethyl adjacent to an activating group) is 1. The number of rotatable bonds is 4. The molecule has 4 rings (SSSR count). The van der Waals surface area contributed by atoms with Crippen molar-refractivity contribution in [2.45, 2.75) is 6.92 Å². The van der Waals surface area contributed by atoms with Crippen molar-refractivity contribution < 1.29 is 9.90 Å². The van der Waals surface area contributed by atoms with Gasteiger partial charge in [0.2, 0.25) is 0 Å². The average Bonchev–Trinajstić information content (AvgIpc) is 3.01. The van der Waals surface area contributed by atoms with Gasteiger partial charge in [0, 0.05) is 37.6 Å². The summed E-state index contributed by atoms with van der Waals surface area (Å²) in [6.07, 6.45) is 1.46. The first-order valence-corrected chi connectivity index (χ1v) is 9.62. The van der Waals surface area contributed by atoms with Crippen LogP contribution in [-0.2, 0) is 0 Å². The summed E-state index contributed by atoms with van der Waals surface area (Å²) in [5.74, 6) is -0.299. The Labute approximate surface area is 161 Å². The van der Waals surface area contributed by atoms with Crippen molar-refractivity contribution in [2.75, 3.05) is 43.4 Å². The molecular formula is C19H21N5O2S. The number of carboxylic acids is 1. The smallest absolute Gasteiger partial charge is 0.346 e. The first-order valence-electron chi connectivity index (χ1n) is 8.81. The van der Waals surface area contributed by atoms with Crippen LogP contribution in [0.1, 0.15) is 15.2 Å². The lowest BCUT2D eigenvalue weighted by atomic mass is 10.2. The Bertz CT molecular complexity index is 978. The lowest BCUT2D eigenvalue weighted by Gasteiger charge is -2.34. The van der Waals surface area contributed by atoms with Gasteiger partial charge in [-0.25, -0.2) is 14.8 Å². The number of aryl methyl sites for hydroxylation is 1. The first-order chi connectivity index (χ1) is 13.0. The molecule has 0 amide bonds. The molecule has 1 saturated heterocycles. The summed E-state index contributed by atoms with van der Waals surface area (Å²) >= 11 is 1.18. The Balaban J connectivity index is 1.58. The van der Waals surface area contributed by atoms with E-state index in [1.807, 2.05) is 12.1 Å². The highest BCUT2D eigenvalue weighted by atomic mass is 32.1. The minimum Gasteiger partial charge on any atom is -0.477 e. The fraction of sp³-hybridized carbons (Fsp3) is 0.316. The van der Waals surface area contributed by atoms with Crippen LogP contribution in [0.3, 0.4) is 0 Å². The highest BCUT2D eigenvalue weighted by Crippen LogP contribution is 2.34. The first kappa shape index (κ1) is 17.7. The van der Waals surface area contributed by atoms with E-state index in [9.17, 15) is 9.90 Å². The van der Waals surface area contributed by atoms with Crippen LogP contribution >= 0.6 is 11.3 Å². The van der Waals surface area contributed by atoms with Gasteiger partial charge in [-0.3, -0.25) is 0 Å². The van der Waals surface area contributed by atoms with Crippen LogP contribution in [0.5, 0.6) is 0 Å². The molecule has 7 nitrogen and oxygen atoms in total. The van der Waals surface area contributed by atoms with E-state index in [2.05, 4.69) is 44.3 Å². The maximum absolute atomic E-state index is 11.4. The third-order valence-corrected chi connectivity index (χ3v) is 6.11. The van der Waals surface area contributed by atoms with Gasteiger partial charge in [-0.15, -0.1) is 11.3 Å². The number of piperazine rings is 1. The molecule has 0 radical (unpaired) electrons. The molecule has 1 aliphatic rings. The molecule has 0 aliphatic carbocycles. The molecule has 2 aromatic heterocycles. The van der Waals surface area contributed by atoms with Crippen LogP contribution < -0.4 is 10.2 Å². The fourth-order valence-electron chi connectivity index (χ4n) is 3.33. The largest absolute Gasteiger partial charge is 0.477 e. The third kappa shape index (κ3) is 3.45. The van der Waals surface area contributed by atoms with E-state index in [1.165, 1.54) is 23.4 Å². The van der Waals surface area contributed by atoms with E-state index in [4.69, 9.17) is 0 Å². The Hall–Kier alpha value is -2.71. The zero-order valence-electron chi connectivity index (χ0n) is 15.3. The molecule has 140 valence electrons. The van der Waals surface area contributed by atoms with Gasteiger partial charge in [-0.1, -0.05) is 0 Å². The molecule has 0 bridgehead atoms. The molecule has 1 aromatic carbocycles. The molecule has 3 heterocycles. The van der Waals surface area contributed by atoms with Crippen molar-refractivity contribution in [3.8, 4) is 0 Å². The molecule has 0 spiro atoms. The molecular weight excluding hydrogens is 362 g/mol. The van der Waals surface area contributed by atoms with Crippen molar-refractivity contribution >= 4 is 44.7 Å². The van der Waals surface area contributed by atoms with E-state index in [0.29, 0.717) is 21.1 Å². The molecule has 0 unspecified atom stereocenters. The zero-order chi connectivity index (χ0) is 19.0. The second-order valence-electron chi connectivity index (χ2n) is 6.73. The molecule has 27 heavy (non-hydrogen) atoms. The molecule has 0 atom stereocenters. The molecule has 8 heteroatoms. The fourth-order valence-corrected chi connectivity index (χ4v) is 4.31. The van der Waals surface area contributed by atoms with E-state index < -0.39 is 5.97 Å². The highest BCUT2D eigenvalue weighted by molar-refractivity contribution is 7.20. The molecule has 1 fully saturated rings. The summed E-state index contributed by atoms with van der Waals surface area (Å²) in [6.45, 7) is 6.00. The van der Waals surface area contributed by atoms with Crippen LogP contribution in [0.4, 0.5) is 17.2 Å². The van der Waals surface area contributed by atoms with Crippen molar-refractivity contribution in [3.05, 3.63) is 41.0 Å². The zero-order valence-corrected chi connectivity index (χ0v) is 16.1. The van der Waals surface area contributed by atoms with Crippen molar-refractivity contribution in [1.82, 2.24) is 14.9 Å². The third-order valence-electron chi connectivity index (χ3n) is 4.92. The number of thiophene rings is 1. The number of carbonyl (C=O) groups is 1. The number of aromatic nitrogens is 2.